The third-order valence-electron chi connectivity index (χ3n) is 3.68. The van der Waals surface area contributed by atoms with Gasteiger partial charge in [-0.05, 0) is 23.8 Å². The first-order valence-electron chi connectivity index (χ1n) is 8.31. The van der Waals surface area contributed by atoms with Gasteiger partial charge in [0.2, 0.25) is 0 Å². The topological polar surface area (TPSA) is 90.7 Å². The number of hydrogen-bond donors (Lipinski definition) is 1. The zero-order valence-corrected chi connectivity index (χ0v) is 16.3. The quantitative estimate of drug-likeness (QED) is 0.357. The molecule has 3 aromatic rings. The van der Waals surface area contributed by atoms with Crippen molar-refractivity contribution in [2.24, 2.45) is 0 Å². The van der Waals surface area contributed by atoms with E-state index in [-0.39, 0.29) is 34.5 Å². The minimum Gasteiger partial charge on any atom is -0.455 e. The minimum atomic E-state index is -0.759. The number of rotatable bonds is 6. The molecule has 0 heterocycles. The number of halogens is 2. The van der Waals surface area contributed by atoms with Gasteiger partial charge in [-0.1, -0.05) is 53.5 Å². The molecule has 1 amide bonds. The van der Waals surface area contributed by atoms with Crippen molar-refractivity contribution in [2.75, 3.05) is 5.32 Å². The molecule has 0 fully saturated rings. The van der Waals surface area contributed by atoms with Gasteiger partial charge >= 0.3 is 6.09 Å². The van der Waals surface area contributed by atoms with Crippen LogP contribution in [-0.2, 0) is 11.3 Å². The Labute approximate surface area is 175 Å². The lowest BCUT2D eigenvalue weighted by molar-refractivity contribution is -0.384. The Balaban J connectivity index is 1.75. The van der Waals surface area contributed by atoms with E-state index in [4.69, 9.17) is 32.7 Å². The largest absolute Gasteiger partial charge is 0.455 e. The van der Waals surface area contributed by atoms with E-state index < -0.39 is 11.0 Å². The van der Waals surface area contributed by atoms with Gasteiger partial charge in [0.25, 0.3) is 5.69 Å². The van der Waals surface area contributed by atoms with E-state index in [1.165, 1.54) is 30.3 Å². The van der Waals surface area contributed by atoms with E-state index in [0.717, 1.165) is 5.56 Å². The van der Waals surface area contributed by atoms with E-state index in [0.29, 0.717) is 5.02 Å². The van der Waals surface area contributed by atoms with Gasteiger partial charge in [0, 0.05) is 17.2 Å². The first-order chi connectivity index (χ1) is 13.9. The number of nitrogens with one attached hydrogen (secondary N) is 1. The van der Waals surface area contributed by atoms with E-state index >= 15 is 0 Å². The first kappa shape index (κ1) is 20.4. The molecule has 0 aliphatic rings. The van der Waals surface area contributed by atoms with Gasteiger partial charge < -0.3 is 9.47 Å². The van der Waals surface area contributed by atoms with Crippen LogP contribution in [0.1, 0.15) is 5.56 Å². The number of nitrogens with zero attached hydrogens (tertiary/aromatic N) is 1. The summed E-state index contributed by atoms with van der Waals surface area (Å²) in [4.78, 5) is 22.7. The van der Waals surface area contributed by atoms with Gasteiger partial charge in [-0.3, -0.25) is 15.4 Å². The lowest BCUT2D eigenvalue weighted by Crippen LogP contribution is -2.13. The van der Waals surface area contributed by atoms with Crippen LogP contribution in [0.25, 0.3) is 0 Å². The molecule has 3 rings (SSSR count). The Morgan fingerprint density at radius 2 is 1.79 bits per heavy atom. The molecule has 0 aliphatic carbocycles. The third kappa shape index (κ3) is 5.84. The summed E-state index contributed by atoms with van der Waals surface area (Å²) in [6, 6.07) is 17.5. The van der Waals surface area contributed by atoms with E-state index in [9.17, 15) is 14.9 Å². The molecule has 0 saturated heterocycles. The van der Waals surface area contributed by atoms with Crippen LogP contribution < -0.4 is 10.1 Å². The predicted molar refractivity (Wildman–Crippen MR) is 110 cm³/mol. The average molecular weight is 433 g/mol. The molecule has 0 unspecified atom stereocenters. The Bertz CT molecular complexity index is 1040. The zero-order chi connectivity index (χ0) is 20.8. The predicted octanol–water partition coefficient (Wildman–Crippen LogP) is 6.44. The maximum Gasteiger partial charge on any atom is 0.411 e. The molecule has 148 valence electrons. The molecule has 7 nitrogen and oxygen atoms in total. The van der Waals surface area contributed by atoms with Gasteiger partial charge in [-0.15, -0.1) is 0 Å². The maximum atomic E-state index is 12.0. The van der Waals surface area contributed by atoms with Gasteiger partial charge in [-0.2, -0.15) is 0 Å². The second kappa shape index (κ2) is 9.27. The Morgan fingerprint density at radius 3 is 2.48 bits per heavy atom. The SMILES string of the molecule is O=C(Nc1cc(Oc2ccc(Cl)cc2Cl)cc([N+](=O)[O-])c1)OCc1ccccc1. The molecule has 0 aromatic heterocycles. The molecule has 0 spiro atoms. The van der Waals surface area contributed by atoms with Gasteiger partial charge in [0.1, 0.15) is 18.1 Å². The standard InChI is InChI=1S/C20H14Cl2N2O5/c21-14-6-7-19(18(22)8-14)29-17-10-15(9-16(11-17)24(26)27)23-20(25)28-12-13-4-2-1-3-5-13/h1-11H,12H2,(H,23,25). The Hall–Kier alpha value is -3.29. The summed E-state index contributed by atoms with van der Waals surface area (Å²) in [5.41, 5.74) is 0.673. The molecule has 9 heteroatoms. The van der Waals surface area contributed by atoms with Crippen LogP contribution in [0.4, 0.5) is 16.2 Å². The molecule has 0 atom stereocenters. The van der Waals surface area contributed by atoms with Crippen LogP contribution in [0.3, 0.4) is 0 Å². The highest BCUT2D eigenvalue weighted by Gasteiger charge is 2.14. The number of ether oxygens (including phenoxy) is 2. The number of amides is 1. The third-order valence-corrected chi connectivity index (χ3v) is 4.21. The Morgan fingerprint density at radius 1 is 1.03 bits per heavy atom. The second-order valence-corrected chi connectivity index (χ2v) is 6.68. The van der Waals surface area contributed by atoms with Crippen molar-refractivity contribution in [1.82, 2.24) is 0 Å². The summed E-state index contributed by atoms with van der Waals surface area (Å²) < 4.78 is 10.7. The van der Waals surface area contributed by atoms with Gasteiger partial charge in [0.05, 0.1) is 21.7 Å². The van der Waals surface area contributed by atoms with Crippen LogP contribution in [0.15, 0.2) is 66.7 Å². The zero-order valence-electron chi connectivity index (χ0n) is 14.8. The van der Waals surface area contributed by atoms with Crippen molar-refractivity contribution in [3.05, 3.63) is 92.5 Å². The van der Waals surface area contributed by atoms with Crippen LogP contribution in [0, 0.1) is 10.1 Å². The second-order valence-electron chi connectivity index (χ2n) is 5.84. The highest BCUT2D eigenvalue weighted by atomic mass is 35.5. The fraction of sp³-hybridized carbons (Fsp3) is 0.0500. The van der Waals surface area contributed by atoms with Crippen molar-refractivity contribution >= 4 is 40.7 Å². The van der Waals surface area contributed by atoms with Gasteiger partial charge in [0.15, 0.2) is 0 Å². The molecule has 1 N–H and O–H groups in total. The number of non-ortho nitro benzene ring substituents is 1. The van der Waals surface area contributed by atoms with Crippen LogP contribution in [0.2, 0.25) is 10.0 Å². The van der Waals surface area contributed by atoms with E-state index in [1.807, 2.05) is 30.3 Å². The summed E-state index contributed by atoms with van der Waals surface area (Å²) in [6.45, 7) is 0.0609. The molecular weight excluding hydrogens is 419 g/mol. The fourth-order valence-corrected chi connectivity index (χ4v) is 2.83. The van der Waals surface area contributed by atoms with Crippen molar-refractivity contribution in [3.8, 4) is 11.5 Å². The van der Waals surface area contributed by atoms with Crippen molar-refractivity contribution < 1.29 is 19.2 Å². The smallest absolute Gasteiger partial charge is 0.411 e. The summed E-state index contributed by atoms with van der Waals surface area (Å²) in [7, 11) is 0. The summed E-state index contributed by atoms with van der Waals surface area (Å²) in [5, 5.41) is 14.3. The van der Waals surface area contributed by atoms with Crippen molar-refractivity contribution in [2.45, 2.75) is 6.61 Å². The molecule has 0 bridgehead atoms. The van der Waals surface area contributed by atoms with Crippen molar-refractivity contribution in [3.63, 3.8) is 0 Å². The molecular formula is C20H14Cl2N2O5. The number of benzene rings is 3. The highest BCUT2D eigenvalue weighted by molar-refractivity contribution is 6.35. The lowest BCUT2D eigenvalue weighted by atomic mass is 10.2. The van der Waals surface area contributed by atoms with E-state index in [2.05, 4.69) is 5.32 Å². The number of hydrogen-bond acceptors (Lipinski definition) is 5. The molecule has 0 aliphatic heterocycles. The van der Waals surface area contributed by atoms with Crippen LogP contribution in [-0.4, -0.2) is 11.0 Å². The summed E-state index contributed by atoms with van der Waals surface area (Å²) in [5.74, 6) is 0.371. The number of carbonyl (C=O) groups excluding carboxylic acids is 1. The normalized spacial score (nSPS) is 10.3. The van der Waals surface area contributed by atoms with Gasteiger partial charge in [-0.25, -0.2) is 4.79 Å². The molecule has 0 radical (unpaired) electrons. The number of nitro groups is 1. The molecule has 29 heavy (non-hydrogen) atoms. The number of carbonyl (C=O) groups is 1. The molecule has 0 saturated carbocycles. The lowest BCUT2D eigenvalue weighted by Gasteiger charge is -2.11. The fourth-order valence-electron chi connectivity index (χ4n) is 2.38. The minimum absolute atomic E-state index is 0.0609. The average Bonchev–Trinajstić information content (AvgIpc) is 2.69. The highest BCUT2D eigenvalue weighted by Crippen LogP contribution is 2.34. The number of anilines is 1. The van der Waals surface area contributed by atoms with Crippen molar-refractivity contribution in [1.29, 1.82) is 0 Å². The van der Waals surface area contributed by atoms with Crippen LogP contribution in [0.5, 0.6) is 11.5 Å². The summed E-state index contributed by atoms with van der Waals surface area (Å²) in [6.07, 6.45) is -0.759. The first-order valence-corrected chi connectivity index (χ1v) is 9.06. The molecule has 3 aromatic carbocycles. The summed E-state index contributed by atoms with van der Waals surface area (Å²) >= 11 is 11.9. The Kier molecular flexibility index (Phi) is 6.54. The van der Waals surface area contributed by atoms with Crippen LogP contribution >= 0.6 is 23.2 Å². The monoisotopic (exact) mass is 432 g/mol. The maximum absolute atomic E-state index is 12.0. The number of nitro benzene ring substituents is 1. The van der Waals surface area contributed by atoms with E-state index in [1.54, 1.807) is 6.07 Å².